The fraction of sp³-hybridized carbons (Fsp3) is 0.211. The predicted molar refractivity (Wildman–Crippen MR) is 97.0 cm³/mol. The molecule has 6 nitrogen and oxygen atoms in total. The highest BCUT2D eigenvalue weighted by Crippen LogP contribution is 2.24. The molecule has 0 fully saturated rings. The molecular weight excluding hydrogens is 335 g/mol. The monoisotopic (exact) mass is 354 g/mol. The van der Waals surface area contributed by atoms with Gasteiger partial charge >= 0.3 is 0 Å². The Kier molecular flexibility index (Phi) is 5.83. The standard InChI is InChI=1S/C19H19FN4O2/c1-25-18(26-2)12-22-17-10-16(13-5-7-15(20)8-6-13)23-19(24-17)14-4-3-9-21-11-14/h3-11,18H,12H2,1-2H3,(H,22,23,24). The van der Waals surface area contributed by atoms with E-state index < -0.39 is 6.29 Å². The minimum absolute atomic E-state index is 0.295. The number of rotatable bonds is 7. The lowest BCUT2D eigenvalue weighted by Gasteiger charge is -2.15. The molecule has 3 aromatic rings. The van der Waals surface area contributed by atoms with E-state index >= 15 is 0 Å². The van der Waals surface area contributed by atoms with Crippen LogP contribution < -0.4 is 5.32 Å². The van der Waals surface area contributed by atoms with E-state index in [1.807, 2.05) is 12.1 Å². The molecule has 0 aliphatic rings. The first-order chi connectivity index (χ1) is 12.7. The number of aromatic nitrogens is 3. The summed E-state index contributed by atoms with van der Waals surface area (Å²) in [7, 11) is 3.14. The summed E-state index contributed by atoms with van der Waals surface area (Å²) < 4.78 is 23.6. The van der Waals surface area contributed by atoms with Gasteiger partial charge < -0.3 is 14.8 Å². The highest BCUT2D eigenvalue weighted by atomic mass is 19.1. The fourth-order valence-corrected chi connectivity index (χ4v) is 2.38. The molecule has 0 saturated carbocycles. The maximum Gasteiger partial charge on any atom is 0.173 e. The van der Waals surface area contributed by atoms with Gasteiger partial charge in [0.1, 0.15) is 11.6 Å². The number of halogens is 1. The third-order valence-corrected chi connectivity index (χ3v) is 3.76. The van der Waals surface area contributed by atoms with Gasteiger partial charge in [-0.2, -0.15) is 0 Å². The summed E-state index contributed by atoms with van der Waals surface area (Å²) in [4.78, 5) is 13.3. The van der Waals surface area contributed by atoms with Crippen LogP contribution in [0.15, 0.2) is 54.9 Å². The first-order valence-electron chi connectivity index (χ1n) is 8.04. The Labute approximate surface area is 151 Å². The minimum Gasteiger partial charge on any atom is -0.365 e. The van der Waals surface area contributed by atoms with Crippen LogP contribution >= 0.6 is 0 Å². The fourth-order valence-electron chi connectivity index (χ4n) is 2.38. The van der Waals surface area contributed by atoms with Crippen molar-refractivity contribution >= 4 is 5.82 Å². The number of pyridine rings is 1. The van der Waals surface area contributed by atoms with Crippen molar-refractivity contribution in [3.05, 3.63) is 60.7 Å². The first kappa shape index (κ1) is 17.9. The molecule has 1 N–H and O–H groups in total. The average molecular weight is 354 g/mol. The minimum atomic E-state index is -0.402. The van der Waals surface area contributed by atoms with Crippen LogP contribution in [0.4, 0.5) is 10.2 Å². The van der Waals surface area contributed by atoms with Crippen molar-refractivity contribution in [1.29, 1.82) is 0 Å². The molecule has 1 aromatic carbocycles. The number of nitrogens with zero attached hydrogens (tertiary/aromatic N) is 3. The molecule has 0 aliphatic carbocycles. The molecule has 2 heterocycles. The second-order valence-corrected chi connectivity index (χ2v) is 5.49. The molecule has 0 aliphatic heterocycles. The van der Waals surface area contributed by atoms with E-state index in [1.54, 1.807) is 44.8 Å². The van der Waals surface area contributed by atoms with Gasteiger partial charge in [0.25, 0.3) is 0 Å². The number of benzene rings is 1. The van der Waals surface area contributed by atoms with Gasteiger partial charge in [0.05, 0.1) is 12.2 Å². The van der Waals surface area contributed by atoms with Crippen LogP contribution in [-0.2, 0) is 9.47 Å². The van der Waals surface area contributed by atoms with E-state index in [2.05, 4.69) is 20.3 Å². The van der Waals surface area contributed by atoms with Gasteiger partial charge in [0.2, 0.25) is 0 Å². The zero-order valence-corrected chi connectivity index (χ0v) is 14.5. The molecule has 0 saturated heterocycles. The average Bonchev–Trinajstić information content (AvgIpc) is 2.70. The predicted octanol–water partition coefficient (Wildman–Crippen LogP) is 3.38. The van der Waals surface area contributed by atoms with Crippen molar-refractivity contribution in [3.8, 4) is 22.6 Å². The summed E-state index contributed by atoms with van der Waals surface area (Å²) in [6.07, 6.45) is 2.98. The van der Waals surface area contributed by atoms with E-state index in [0.717, 1.165) is 11.1 Å². The van der Waals surface area contributed by atoms with Crippen molar-refractivity contribution in [2.24, 2.45) is 0 Å². The summed E-state index contributed by atoms with van der Waals surface area (Å²) in [6.45, 7) is 0.416. The zero-order chi connectivity index (χ0) is 18.4. The maximum absolute atomic E-state index is 13.2. The van der Waals surface area contributed by atoms with Crippen LogP contribution in [0.1, 0.15) is 0 Å². The summed E-state index contributed by atoms with van der Waals surface area (Å²) >= 11 is 0. The zero-order valence-electron chi connectivity index (χ0n) is 14.5. The Morgan fingerprint density at radius 2 is 1.81 bits per heavy atom. The van der Waals surface area contributed by atoms with Gasteiger partial charge in [-0.1, -0.05) is 0 Å². The van der Waals surface area contributed by atoms with Crippen LogP contribution in [0.2, 0.25) is 0 Å². The van der Waals surface area contributed by atoms with Gasteiger partial charge in [-0.05, 0) is 36.4 Å². The van der Waals surface area contributed by atoms with Crippen molar-refractivity contribution in [1.82, 2.24) is 15.0 Å². The second-order valence-electron chi connectivity index (χ2n) is 5.49. The summed E-state index contributed by atoms with van der Waals surface area (Å²) in [6, 6.07) is 11.7. The van der Waals surface area contributed by atoms with Crippen molar-refractivity contribution in [3.63, 3.8) is 0 Å². The molecule has 2 aromatic heterocycles. The van der Waals surface area contributed by atoms with Gasteiger partial charge in [0.15, 0.2) is 12.1 Å². The summed E-state index contributed by atoms with van der Waals surface area (Å²) in [5, 5.41) is 3.18. The third kappa shape index (κ3) is 4.38. The number of nitrogens with one attached hydrogen (secondary N) is 1. The Morgan fingerprint density at radius 3 is 2.46 bits per heavy atom. The quantitative estimate of drug-likeness (QED) is 0.656. The van der Waals surface area contributed by atoms with Crippen molar-refractivity contribution in [2.45, 2.75) is 6.29 Å². The molecule has 0 atom stereocenters. The van der Waals surface area contributed by atoms with Crippen LogP contribution in [0.25, 0.3) is 22.6 Å². The largest absolute Gasteiger partial charge is 0.365 e. The van der Waals surface area contributed by atoms with Crippen LogP contribution in [-0.4, -0.2) is 42.0 Å². The molecule has 134 valence electrons. The van der Waals surface area contributed by atoms with E-state index in [0.29, 0.717) is 23.9 Å². The van der Waals surface area contributed by atoms with Crippen LogP contribution in [0.5, 0.6) is 0 Å². The van der Waals surface area contributed by atoms with Crippen LogP contribution in [0, 0.1) is 5.82 Å². The number of ether oxygens (including phenoxy) is 2. The third-order valence-electron chi connectivity index (χ3n) is 3.76. The summed E-state index contributed by atoms with van der Waals surface area (Å²) in [5.41, 5.74) is 2.25. The molecule has 3 rings (SSSR count). The highest BCUT2D eigenvalue weighted by Gasteiger charge is 2.11. The number of methoxy groups -OCH3 is 2. The van der Waals surface area contributed by atoms with Gasteiger partial charge in [-0.25, -0.2) is 14.4 Å². The van der Waals surface area contributed by atoms with E-state index in [9.17, 15) is 4.39 Å². The topological polar surface area (TPSA) is 69.2 Å². The van der Waals surface area contributed by atoms with Gasteiger partial charge in [0, 0.05) is 43.8 Å². The smallest absolute Gasteiger partial charge is 0.173 e. The molecule has 0 bridgehead atoms. The molecule has 0 spiro atoms. The maximum atomic E-state index is 13.2. The number of hydrogen-bond donors (Lipinski definition) is 1. The summed E-state index contributed by atoms with van der Waals surface area (Å²) in [5.74, 6) is 0.836. The number of hydrogen-bond acceptors (Lipinski definition) is 6. The van der Waals surface area contributed by atoms with E-state index in [1.165, 1.54) is 12.1 Å². The van der Waals surface area contributed by atoms with Crippen LogP contribution in [0.3, 0.4) is 0 Å². The van der Waals surface area contributed by atoms with Gasteiger partial charge in [-0.15, -0.1) is 0 Å². The normalized spacial score (nSPS) is 10.9. The SMILES string of the molecule is COC(CNc1cc(-c2ccc(F)cc2)nc(-c2cccnc2)n1)OC. The first-order valence-corrected chi connectivity index (χ1v) is 8.04. The van der Waals surface area contributed by atoms with Crippen molar-refractivity contribution in [2.75, 3.05) is 26.1 Å². The lowest BCUT2D eigenvalue weighted by Crippen LogP contribution is -2.24. The van der Waals surface area contributed by atoms with Crippen molar-refractivity contribution < 1.29 is 13.9 Å². The Hall–Kier alpha value is -2.90. The Bertz CT molecular complexity index is 840. The lowest BCUT2D eigenvalue weighted by molar-refractivity contribution is -0.0914. The Balaban J connectivity index is 1.97. The van der Waals surface area contributed by atoms with E-state index in [4.69, 9.17) is 9.47 Å². The molecule has 7 heteroatoms. The lowest BCUT2D eigenvalue weighted by atomic mass is 10.1. The molecular formula is C19H19FN4O2. The Morgan fingerprint density at radius 1 is 1.04 bits per heavy atom. The molecule has 0 unspecified atom stereocenters. The van der Waals surface area contributed by atoms with Gasteiger partial charge in [-0.3, -0.25) is 4.98 Å². The second kappa shape index (κ2) is 8.46. The molecule has 26 heavy (non-hydrogen) atoms. The molecule has 0 radical (unpaired) electrons. The highest BCUT2D eigenvalue weighted by molar-refractivity contribution is 5.67. The number of anilines is 1. The van der Waals surface area contributed by atoms with E-state index in [-0.39, 0.29) is 5.82 Å². The molecule has 0 amide bonds.